The number of carbonyl (C=O) groups is 1. The van der Waals surface area contributed by atoms with Gasteiger partial charge in [0.25, 0.3) is 5.69 Å². The summed E-state index contributed by atoms with van der Waals surface area (Å²) in [5.74, 6) is -0.309. The summed E-state index contributed by atoms with van der Waals surface area (Å²) in [5, 5.41) is 13.1. The van der Waals surface area contributed by atoms with Crippen molar-refractivity contribution in [3.8, 4) is 0 Å². The number of hydrogen-bond donors (Lipinski definition) is 2. The van der Waals surface area contributed by atoms with Crippen molar-refractivity contribution in [1.29, 1.82) is 0 Å². The lowest BCUT2D eigenvalue weighted by atomic mass is 9.87. The summed E-state index contributed by atoms with van der Waals surface area (Å²) < 4.78 is 0. The van der Waals surface area contributed by atoms with Crippen LogP contribution in [0.2, 0.25) is 0 Å². The molecule has 1 amide bonds. The molecule has 0 heterocycles. The summed E-state index contributed by atoms with van der Waals surface area (Å²) in [6.07, 6.45) is 0. The zero-order chi connectivity index (χ0) is 13.9. The van der Waals surface area contributed by atoms with E-state index in [0.717, 1.165) is 0 Å². The Hall–Kier alpha value is -1.95. The van der Waals surface area contributed by atoms with Gasteiger partial charge in [-0.25, -0.2) is 0 Å². The predicted molar refractivity (Wildman–Crippen MR) is 69.2 cm³/mol. The van der Waals surface area contributed by atoms with Gasteiger partial charge in [-0.2, -0.15) is 0 Å². The van der Waals surface area contributed by atoms with E-state index in [-0.39, 0.29) is 17.0 Å². The average molecular weight is 251 g/mol. The van der Waals surface area contributed by atoms with Crippen LogP contribution in [0.5, 0.6) is 0 Å². The number of nitro benzene ring substituents is 1. The summed E-state index contributed by atoms with van der Waals surface area (Å²) in [5.41, 5.74) is 5.93. The van der Waals surface area contributed by atoms with Crippen molar-refractivity contribution in [2.45, 2.75) is 26.8 Å². The monoisotopic (exact) mass is 251 g/mol. The zero-order valence-corrected chi connectivity index (χ0v) is 10.6. The minimum atomic E-state index is -0.646. The molecule has 0 radical (unpaired) electrons. The molecule has 6 heteroatoms. The number of nitro groups is 1. The van der Waals surface area contributed by atoms with Gasteiger partial charge in [-0.3, -0.25) is 14.9 Å². The summed E-state index contributed by atoms with van der Waals surface area (Å²) in [4.78, 5) is 21.8. The quantitative estimate of drug-likeness (QED) is 0.633. The Labute approximate surface area is 105 Å². The molecule has 0 fully saturated rings. The lowest BCUT2D eigenvalue weighted by molar-refractivity contribution is -0.384. The Morgan fingerprint density at radius 2 is 1.83 bits per heavy atom. The van der Waals surface area contributed by atoms with Gasteiger partial charge in [0.2, 0.25) is 5.91 Å². The molecule has 0 aromatic heterocycles. The molecule has 18 heavy (non-hydrogen) atoms. The Morgan fingerprint density at radius 1 is 1.33 bits per heavy atom. The number of hydrogen-bond acceptors (Lipinski definition) is 4. The second-order valence-electron chi connectivity index (χ2n) is 5.14. The number of benzene rings is 1. The van der Waals surface area contributed by atoms with Crippen molar-refractivity contribution in [3.05, 3.63) is 34.4 Å². The Balaban J connectivity index is 2.74. The number of anilines is 1. The van der Waals surface area contributed by atoms with E-state index in [9.17, 15) is 14.9 Å². The molecule has 1 aromatic rings. The molecule has 0 saturated heterocycles. The van der Waals surface area contributed by atoms with E-state index in [1.54, 1.807) is 0 Å². The predicted octanol–water partition coefficient (Wildman–Crippen LogP) is 1.91. The molecule has 1 atom stereocenters. The maximum absolute atomic E-state index is 11.8. The van der Waals surface area contributed by atoms with Crippen LogP contribution in [0, 0.1) is 15.5 Å². The van der Waals surface area contributed by atoms with E-state index in [4.69, 9.17) is 5.73 Å². The fourth-order valence-electron chi connectivity index (χ4n) is 1.28. The lowest BCUT2D eigenvalue weighted by Crippen LogP contribution is -2.45. The maximum Gasteiger partial charge on any atom is 0.269 e. The smallest absolute Gasteiger partial charge is 0.269 e. The number of non-ortho nitro benzene ring substituents is 1. The highest BCUT2D eigenvalue weighted by molar-refractivity contribution is 5.95. The number of nitrogens with one attached hydrogen (secondary N) is 1. The standard InChI is InChI=1S/C12H17N3O3/c1-12(2,3)10(13)11(16)14-8-4-6-9(7-5-8)15(17)18/h4-7,10H,13H2,1-3H3,(H,14,16)/t10-/m1/s1. The van der Waals surface area contributed by atoms with Crippen LogP contribution >= 0.6 is 0 Å². The third-order valence-electron chi connectivity index (χ3n) is 2.56. The lowest BCUT2D eigenvalue weighted by Gasteiger charge is -2.25. The fourth-order valence-corrected chi connectivity index (χ4v) is 1.28. The largest absolute Gasteiger partial charge is 0.325 e. The average Bonchev–Trinajstić information content (AvgIpc) is 2.27. The first-order chi connectivity index (χ1) is 8.21. The van der Waals surface area contributed by atoms with Gasteiger partial charge in [-0.15, -0.1) is 0 Å². The third-order valence-corrected chi connectivity index (χ3v) is 2.56. The minimum absolute atomic E-state index is 0.0203. The molecule has 0 aliphatic carbocycles. The van der Waals surface area contributed by atoms with Gasteiger partial charge in [0.1, 0.15) is 0 Å². The molecule has 0 unspecified atom stereocenters. The van der Waals surface area contributed by atoms with Gasteiger partial charge < -0.3 is 11.1 Å². The highest BCUT2D eigenvalue weighted by Crippen LogP contribution is 2.20. The number of nitrogens with zero attached hydrogens (tertiary/aromatic N) is 1. The van der Waals surface area contributed by atoms with Gasteiger partial charge in [0.15, 0.2) is 0 Å². The molecular weight excluding hydrogens is 234 g/mol. The molecule has 3 N–H and O–H groups in total. The van der Waals surface area contributed by atoms with E-state index >= 15 is 0 Å². The SMILES string of the molecule is CC(C)(C)[C@H](N)C(=O)Nc1ccc([N+](=O)[O-])cc1. The van der Waals surface area contributed by atoms with Crippen LogP contribution < -0.4 is 11.1 Å². The fraction of sp³-hybridized carbons (Fsp3) is 0.417. The van der Waals surface area contributed by atoms with E-state index < -0.39 is 11.0 Å². The molecule has 0 saturated carbocycles. The molecule has 0 aliphatic heterocycles. The van der Waals surface area contributed by atoms with E-state index in [0.29, 0.717) is 5.69 Å². The molecule has 6 nitrogen and oxygen atoms in total. The minimum Gasteiger partial charge on any atom is -0.325 e. The number of amides is 1. The zero-order valence-electron chi connectivity index (χ0n) is 10.6. The highest BCUT2D eigenvalue weighted by atomic mass is 16.6. The van der Waals surface area contributed by atoms with E-state index in [2.05, 4.69) is 5.32 Å². The van der Waals surface area contributed by atoms with Crippen LogP contribution in [-0.4, -0.2) is 16.9 Å². The topological polar surface area (TPSA) is 98.3 Å². The van der Waals surface area contributed by atoms with Crippen molar-refractivity contribution in [3.63, 3.8) is 0 Å². The van der Waals surface area contributed by atoms with Gasteiger partial charge in [-0.1, -0.05) is 20.8 Å². The van der Waals surface area contributed by atoms with Crippen LogP contribution in [-0.2, 0) is 4.79 Å². The summed E-state index contributed by atoms with van der Waals surface area (Å²) in [6.45, 7) is 5.60. The molecule has 0 aliphatic rings. The van der Waals surface area contributed by atoms with Crippen LogP contribution in [0.25, 0.3) is 0 Å². The van der Waals surface area contributed by atoms with Crippen molar-refractivity contribution < 1.29 is 9.72 Å². The number of carbonyl (C=O) groups excluding carboxylic acids is 1. The van der Waals surface area contributed by atoms with Crippen molar-refractivity contribution >= 4 is 17.3 Å². The van der Waals surface area contributed by atoms with Gasteiger partial charge in [0.05, 0.1) is 11.0 Å². The van der Waals surface area contributed by atoms with Crippen LogP contribution in [0.1, 0.15) is 20.8 Å². The molecule has 0 bridgehead atoms. The molecule has 98 valence electrons. The third kappa shape index (κ3) is 3.53. The van der Waals surface area contributed by atoms with E-state index in [1.807, 2.05) is 20.8 Å². The van der Waals surface area contributed by atoms with Crippen molar-refractivity contribution in [2.24, 2.45) is 11.1 Å². The summed E-state index contributed by atoms with van der Waals surface area (Å²) in [7, 11) is 0. The molecular formula is C12H17N3O3. The first kappa shape index (κ1) is 14.1. The summed E-state index contributed by atoms with van der Waals surface area (Å²) >= 11 is 0. The second-order valence-corrected chi connectivity index (χ2v) is 5.14. The first-order valence-corrected chi connectivity index (χ1v) is 5.52. The van der Waals surface area contributed by atoms with Crippen LogP contribution in [0.4, 0.5) is 11.4 Å². The number of nitrogens with two attached hydrogens (primary N) is 1. The Morgan fingerprint density at radius 3 is 2.22 bits per heavy atom. The van der Waals surface area contributed by atoms with Crippen molar-refractivity contribution in [1.82, 2.24) is 0 Å². The Kier molecular flexibility index (Phi) is 4.03. The maximum atomic E-state index is 11.8. The second kappa shape index (κ2) is 5.14. The van der Waals surface area contributed by atoms with Gasteiger partial charge >= 0.3 is 0 Å². The highest BCUT2D eigenvalue weighted by Gasteiger charge is 2.27. The normalized spacial score (nSPS) is 12.9. The van der Waals surface area contributed by atoms with Crippen molar-refractivity contribution in [2.75, 3.05) is 5.32 Å². The van der Waals surface area contributed by atoms with Gasteiger partial charge in [0, 0.05) is 17.8 Å². The number of rotatable bonds is 3. The Bertz CT molecular complexity index is 449. The molecule has 1 rings (SSSR count). The summed E-state index contributed by atoms with van der Waals surface area (Å²) in [6, 6.07) is 4.97. The van der Waals surface area contributed by atoms with E-state index in [1.165, 1.54) is 24.3 Å². The van der Waals surface area contributed by atoms with Crippen LogP contribution in [0.15, 0.2) is 24.3 Å². The molecule has 0 spiro atoms. The molecule has 1 aromatic carbocycles. The van der Waals surface area contributed by atoms with Gasteiger partial charge in [-0.05, 0) is 17.5 Å². The van der Waals surface area contributed by atoms with Crippen LogP contribution in [0.3, 0.4) is 0 Å². The first-order valence-electron chi connectivity index (χ1n) is 5.52.